The van der Waals surface area contributed by atoms with Crippen molar-refractivity contribution < 1.29 is 9.53 Å². The van der Waals surface area contributed by atoms with Gasteiger partial charge in [0, 0.05) is 0 Å². The van der Waals surface area contributed by atoms with E-state index < -0.39 is 7.26 Å². The number of esters is 1. The molecule has 0 aliphatic rings. The van der Waals surface area contributed by atoms with Crippen molar-refractivity contribution in [3.05, 3.63) is 91.0 Å². The molecular weight excluding hydrogens is 363 g/mol. The Bertz CT molecular complexity index is 711. The van der Waals surface area contributed by atoms with Crippen LogP contribution in [0.2, 0.25) is 0 Å². The summed E-state index contributed by atoms with van der Waals surface area (Å²) in [7, 11) is -2.50. The number of carbonyl (C=O) groups excluding carboxylic acids is 1. The van der Waals surface area contributed by atoms with Crippen molar-refractivity contribution in [2.75, 3.05) is 12.8 Å². The summed E-state index contributed by atoms with van der Waals surface area (Å²) in [5.41, 5.74) is 0. The molecule has 0 atom stereocenters. The zero-order valence-corrected chi connectivity index (χ0v) is 16.6. The monoisotopic (exact) mass is 386 g/mol. The second-order valence-corrected chi connectivity index (χ2v) is 9.88. The number of hydrogen-bond donors (Lipinski definition) is 0. The fourth-order valence-electron chi connectivity index (χ4n) is 3.40. The molecule has 136 valence electrons. The van der Waals surface area contributed by atoms with E-state index in [-0.39, 0.29) is 18.4 Å². The second kappa shape index (κ2) is 9.52. The molecule has 4 heteroatoms. The summed E-state index contributed by atoms with van der Waals surface area (Å²) in [6.45, 7) is 2.26. The van der Waals surface area contributed by atoms with Crippen LogP contribution in [0.15, 0.2) is 91.0 Å². The van der Waals surface area contributed by atoms with Crippen LogP contribution in [-0.4, -0.2) is 18.7 Å². The molecule has 0 saturated carbocycles. The summed E-state index contributed by atoms with van der Waals surface area (Å²) < 4.78 is 5.36. The molecule has 3 aromatic carbocycles. The number of hydrogen-bond acceptors (Lipinski definition) is 2. The van der Waals surface area contributed by atoms with E-state index in [1.807, 2.05) is 61.5 Å². The minimum Gasteiger partial charge on any atom is -0.147 e. The van der Waals surface area contributed by atoms with E-state index in [4.69, 9.17) is 4.74 Å². The van der Waals surface area contributed by atoms with Crippen molar-refractivity contribution >= 4 is 41.6 Å². The SMILES string of the molecule is CCOC(=O)C[PH](c1ccccc1)(c1ccccc1)c1ccccc1.Cl. The molecule has 0 radical (unpaired) electrons. The Balaban J connectivity index is 0.00000243. The standard InChI is InChI=1S/C22H23O2P.ClH/c1-2-24-22(23)18-25(19-12-6-3-7-13-19,20-14-8-4-9-15-20)21-16-10-5-11-17-21;/h3-17,25H,2,18H2,1H3;1H. The molecule has 0 spiro atoms. The molecule has 26 heavy (non-hydrogen) atoms. The van der Waals surface area contributed by atoms with Crippen LogP contribution in [0, 0.1) is 0 Å². The van der Waals surface area contributed by atoms with E-state index in [0.29, 0.717) is 12.8 Å². The van der Waals surface area contributed by atoms with Crippen molar-refractivity contribution in [2.45, 2.75) is 6.92 Å². The molecule has 3 rings (SSSR count). The molecule has 0 N–H and O–H groups in total. The minimum atomic E-state index is -2.50. The molecule has 0 amide bonds. The topological polar surface area (TPSA) is 26.3 Å². The van der Waals surface area contributed by atoms with Crippen LogP contribution < -0.4 is 15.9 Å². The number of halogens is 1. The van der Waals surface area contributed by atoms with E-state index in [2.05, 4.69) is 36.4 Å². The van der Waals surface area contributed by atoms with Gasteiger partial charge < -0.3 is 0 Å². The molecule has 0 unspecified atom stereocenters. The van der Waals surface area contributed by atoms with Crippen LogP contribution in [0.3, 0.4) is 0 Å². The van der Waals surface area contributed by atoms with Crippen molar-refractivity contribution in [1.82, 2.24) is 0 Å². The molecule has 0 aliphatic heterocycles. The third-order valence-electron chi connectivity index (χ3n) is 4.51. The van der Waals surface area contributed by atoms with E-state index >= 15 is 0 Å². The first kappa shape index (κ1) is 20.2. The maximum Gasteiger partial charge on any atom is -0.147 e. The van der Waals surface area contributed by atoms with Crippen molar-refractivity contribution in [1.29, 1.82) is 0 Å². The summed E-state index contributed by atoms with van der Waals surface area (Å²) in [6.07, 6.45) is 0.402. The maximum atomic E-state index is 12.6. The van der Waals surface area contributed by atoms with E-state index in [0.717, 1.165) is 0 Å². The zero-order valence-electron chi connectivity index (χ0n) is 14.8. The summed E-state index contributed by atoms with van der Waals surface area (Å²) >= 11 is 0. The fourth-order valence-corrected chi connectivity index (χ4v) is 7.83. The van der Waals surface area contributed by atoms with Crippen LogP contribution in [0.1, 0.15) is 6.92 Å². The Labute approximate surface area is 162 Å². The minimum absolute atomic E-state index is 0. The van der Waals surface area contributed by atoms with Gasteiger partial charge in [-0.15, -0.1) is 12.4 Å². The Hall–Kier alpha value is -2.15. The predicted octanol–water partition coefficient (Wildman–Crippen LogP) is 3.70. The predicted molar refractivity (Wildman–Crippen MR) is 115 cm³/mol. The third-order valence-corrected chi connectivity index (χ3v) is 9.29. The van der Waals surface area contributed by atoms with Crippen LogP contribution in [0.4, 0.5) is 0 Å². The van der Waals surface area contributed by atoms with Crippen LogP contribution in [0.25, 0.3) is 0 Å². The average molecular weight is 387 g/mol. The van der Waals surface area contributed by atoms with Gasteiger partial charge in [0.25, 0.3) is 0 Å². The van der Waals surface area contributed by atoms with Gasteiger partial charge in [-0.3, -0.25) is 0 Å². The van der Waals surface area contributed by atoms with Gasteiger partial charge in [0.2, 0.25) is 0 Å². The van der Waals surface area contributed by atoms with Crippen LogP contribution in [0.5, 0.6) is 0 Å². The van der Waals surface area contributed by atoms with Gasteiger partial charge in [-0.25, -0.2) is 0 Å². The van der Waals surface area contributed by atoms with Crippen molar-refractivity contribution in [3.63, 3.8) is 0 Å². The van der Waals surface area contributed by atoms with Crippen molar-refractivity contribution in [3.8, 4) is 0 Å². The summed E-state index contributed by atoms with van der Waals surface area (Å²) in [4.78, 5) is 12.6. The first-order valence-corrected chi connectivity index (χ1v) is 10.8. The smallest absolute Gasteiger partial charge is 0.147 e. The quantitative estimate of drug-likeness (QED) is 0.477. The molecule has 0 fully saturated rings. The number of rotatable bonds is 6. The molecule has 0 bridgehead atoms. The number of ether oxygens (including phenoxy) is 1. The third kappa shape index (κ3) is 4.15. The largest absolute Gasteiger partial charge is 0.147 e. The van der Waals surface area contributed by atoms with Gasteiger partial charge >= 0.3 is 149 Å². The van der Waals surface area contributed by atoms with Gasteiger partial charge in [-0.1, -0.05) is 0 Å². The Morgan fingerprint density at radius 3 is 1.38 bits per heavy atom. The van der Waals surface area contributed by atoms with Gasteiger partial charge in [0.1, 0.15) is 0 Å². The fraction of sp³-hybridized carbons (Fsp3) is 0.136. The van der Waals surface area contributed by atoms with E-state index in [9.17, 15) is 4.79 Å². The van der Waals surface area contributed by atoms with Gasteiger partial charge in [0.15, 0.2) is 0 Å². The van der Waals surface area contributed by atoms with Gasteiger partial charge in [-0.2, -0.15) is 0 Å². The van der Waals surface area contributed by atoms with Gasteiger partial charge in [-0.05, 0) is 0 Å². The van der Waals surface area contributed by atoms with E-state index in [1.54, 1.807) is 0 Å². The average Bonchev–Trinajstić information content (AvgIpc) is 2.68. The number of carbonyl (C=O) groups is 1. The molecule has 0 saturated heterocycles. The molecule has 3 aromatic rings. The second-order valence-electron chi connectivity index (χ2n) is 5.99. The van der Waals surface area contributed by atoms with Crippen LogP contribution in [-0.2, 0) is 9.53 Å². The summed E-state index contributed by atoms with van der Waals surface area (Å²) in [5, 5.41) is 3.67. The zero-order chi connectivity index (χ0) is 17.5. The molecular formula is C22H24ClO2P. The maximum absolute atomic E-state index is 12.6. The molecule has 0 heterocycles. The normalized spacial score (nSPS) is 11.3. The summed E-state index contributed by atoms with van der Waals surface area (Å²) in [5.74, 6) is -0.134. The van der Waals surface area contributed by atoms with Gasteiger partial charge in [0.05, 0.1) is 0 Å². The Morgan fingerprint density at radius 1 is 0.731 bits per heavy atom. The molecule has 2 nitrogen and oxygen atoms in total. The Kier molecular flexibility index (Phi) is 7.38. The molecule has 0 aromatic heterocycles. The van der Waals surface area contributed by atoms with Crippen molar-refractivity contribution in [2.24, 2.45) is 0 Å². The summed E-state index contributed by atoms with van der Waals surface area (Å²) in [6, 6.07) is 31.2. The van der Waals surface area contributed by atoms with Crippen LogP contribution >= 0.6 is 19.7 Å². The molecule has 0 aliphatic carbocycles. The first-order chi connectivity index (χ1) is 12.3. The number of benzene rings is 3. The van der Waals surface area contributed by atoms with E-state index in [1.165, 1.54) is 15.9 Å². The first-order valence-electron chi connectivity index (χ1n) is 8.59. The Morgan fingerprint density at radius 2 is 1.08 bits per heavy atom.